The molecule has 2 rings (SSSR count). The smallest absolute Gasteiger partial charge is 0.127 e. The molecule has 0 aliphatic rings. The van der Waals surface area contributed by atoms with Crippen LogP contribution in [0.5, 0.6) is 0 Å². The number of nitrogens with zero attached hydrogens (tertiary/aromatic N) is 1. The molecule has 0 saturated heterocycles. The second kappa shape index (κ2) is 7.57. The molecule has 2 nitrogen and oxygen atoms in total. The van der Waals surface area contributed by atoms with Crippen LogP contribution in [0.25, 0.3) is 0 Å². The van der Waals surface area contributed by atoms with Gasteiger partial charge in [-0.25, -0.2) is 4.39 Å². The number of nitrogens with two attached hydrogens (primary N) is 1. The Kier molecular flexibility index (Phi) is 5.76. The average molecular weight is 351 g/mol. The molecule has 0 aromatic heterocycles. The van der Waals surface area contributed by atoms with E-state index in [0.29, 0.717) is 12.1 Å². The van der Waals surface area contributed by atoms with Crippen molar-refractivity contribution in [2.75, 3.05) is 12.3 Å². The van der Waals surface area contributed by atoms with Gasteiger partial charge in [-0.05, 0) is 42.8 Å². The number of nitrogen functional groups attached to an aromatic ring is 1. The van der Waals surface area contributed by atoms with Crippen molar-refractivity contribution >= 4 is 21.6 Å². The number of hydrogen-bond donors (Lipinski definition) is 1. The van der Waals surface area contributed by atoms with Crippen LogP contribution in [-0.4, -0.2) is 11.4 Å². The first kappa shape index (κ1) is 16.0. The van der Waals surface area contributed by atoms with Crippen molar-refractivity contribution < 1.29 is 4.39 Å². The van der Waals surface area contributed by atoms with E-state index in [1.54, 1.807) is 6.07 Å². The fraction of sp³-hybridized carbons (Fsp3) is 0.294. The molecule has 112 valence electrons. The van der Waals surface area contributed by atoms with Crippen molar-refractivity contribution in [2.24, 2.45) is 0 Å². The highest BCUT2D eigenvalue weighted by Gasteiger charge is 2.11. The van der Waals surface area contributed by atoms with Crippen LogP contribution >= 0.6 is 15.9 Å². The Morgan fingerprint density at radius 2 is 1.81 bits per heavy atom. The number of benzene rings is 2. The third-order valence-corrected chi connectivity index (χ3v) is 3.88. The maximum absolute atomic E-state index is 13.9. The van der Waals surface area contributed by atoms with Crippen molar-refractivity contribution in [1.29, 1.82) is 0 Å². The molecule has 0 fully saturated rings. The van der Waals surface area contributed by atoms with Gasteiger partial charge in [-0.1, -0.05) is 41.1 Å². The molecule has 0 radical (unpaired) electrons. The molecule has 0 unspecified atom stereocenters. The van der Waals surface area contributed by atoms with Gasteiger partial charge in [0, 0.05) is 28.8 Å². The molecule has 0 spiro atoms. The van der Waals surface area contributed by atoms with E-state index in [9.17, 15) is 4.39 Å². The number of anilines is 1. The first-order chi connectivity index (χ1) is 10.1. The van der Waals surface area contributed by atoms with E-state index < -0.39 is 0 Å². The summed E-state index contributed by atoms with van der Waals surface area (Å²) >= 11 is 3.40. The van der Waals surface area contributed by atoms with Gasteiger partial charge < -0.3 is 5.73 Å². The summed E-state index contributed by atoms with van der Waals surface area (Å²) in [6, 6.07) is 12.9. The summed E-state index contributed by atoms with van der Waals surface area (Å²) in [5, 5.41) is 0. The zero-order valence-corrected chi connectivity index (χ0v) is 13.7. The normalized spacial score (nSPS) is 11.0. The molecule has 0 amide bonds. The quantitative estimate of drug-likeness (QED) is 0.772. The maximum Gasteiger partial charge on any atom is 0.127 e. The minimum absolute atomic E-state index is 0.166. The summed E-state index contributed by atoms with van der Waals surface area (Å²) in [7, 11) is 0. The van der Waals surface area contributed by atoms with Crippen LogP contribution in [0.15, 0.2) is 46.9 Å². The van der Waals surface area contributed by atoms with Gasteiger partial charge in [0.05, 0.1) is 0 Å². The summed E-state index contributed by atoms with van der Waals surface area (Å²) in [6.45, 7) is 4.33. The standard InChI is InChI=1S/C17H20BrFN2/c1-2-9-21(11-13-5-3-4-6-17(13)20)12-14-10-15(18)7-8-16(14)19/h3-8,10H,2,9,11-12,20H2,1H3. The van der Waals surface area contributed by atoms with Crippen LogP contribution < -0.4 is 5.73 Å². The van der Waals surface area contributed by atoms with Crippen molar-refractivity contribution in [2.45, 2.75) is 26.4 Å². The average Bonchev–Trinajstić information content (AvgIpc) is 2.45. The lowest BCUT2D eigenvalue weighted by molar-refractivity contribution is 0.254. The van der Waals surface area contributed by atoms with Crippen molar-refractivity contribution in [3.8, 4) is 0 Å². The van der Waals surface area contributed by atoms with Gasteiger partial charge in [-0.15, -0.1) is 0 Å². The van der Waals surface area contributed by atoms with Crippen LogP contribution in [0.3, 0.4) is 0 Å². The van der Waals surface area contributed by atoms with E-state index in [2.05, 4.69) is 27.8 Å². The highest BCUT2D eigenvalue weighted by molar-refractivity contribution is 9.10. The Hall–Kier alpha value is -1.39. The zero-order valence-electron chi connectivity index (χ0n) is 12.2. The monoisotopic (exact) mass is 350 g/mol. The lowest BCUT2D eigenvalue weighted by Gasteiger charge is -2.23. The highest BCUT2D eigenvalue weighted by atomic mass is 79.9. The predicted molar refractivity (Wildman–Crippen MR) is 89.4 cm³/mol. The largest absolute Gasteiger partial charge is 0.398 e. The van der Waals surface area contributed by atoms with E-state index in [0.717, 1.165) is 35.2 Å². The second-order valence-corrected chi connectivity index (χ2v) is 6.06. The molecule has 2 aromatic carbocycles. The SMILES string of the molecule is CCCN(Cc1ccccc1N)Cc1cc(Br)ccc1F. The lowest BCUT2D eigenvalue weighted by atomic mass is 10.1. The fourth-order valence-electron chi connectivity index (χ4n) is 2.35. The maximum atomic E-state index is 13.9. The molecule has 21 heavy (non-hydrogen) atoms. The fourth-order valence-corrected chi connectivity index (χ4v) is 2.76. The van der Waals surface area contributed by atoms with Gasteiger partial charge >= 0.3 is 0 Å². The molecule has 0 saturated carbocycles. The molecule has 2 aromatic rings. The Balaban J connectivity index is 2.16. The minimum atomic E-state index is -0.166. The topological polar surface area (TPSA) is 29.3 Å². The third kappa shape index (κ3) is 4.55. The highest BCUT2D eigenvalue weighted by Crippen LogP contribution is 2.20. The van der Waals surface area contributed by atoms with Crippen molar-refractivity contribution in [3.05, 3.63) is 63.9 Å². The third-order valence-electron chi connectivity index (χ3n) is 3.39. The predicted octanol–water partition coefficient (Wildman–Crippen LogP) is 4.58. The first-order valence-corrected chi connectivity index (χ1v) is 7.89. The molecule has 0 heterocycles. The number of para-hydroxylation sites is 1. The Morgan fingerprint density at radius 3 is 2.52 bits per heavy atom. The second-order valence-electron chi connectivity index (χ2n) is 5.15. The molecular weight excluding hydrogens is 331 g/mol. The Bertz CT molecular complexity index is 601. The summed E-state index contributed by atoms with van der Waals surface area (Å²) < 4.78 is 14.8. The molecule has 0 atom stereocenters. The van der Waals surface area contributed by atoms with E-state index in [1.165, 1.54) is 6.07 Å². The molecule has 0 aliphatic heterocycles. The zero-order chi connectivity index (χ0) is 15.2. The number of hydrogen-bond acceptors (Lipinski definition) is 2. The van der Waals surface area contributed by atoms with Gasteiger partial charge in [0.25, 0.3) is 0 Å². The van der Waals surface area contributed by atoms with E-state index in [-0.39, 0.29) is 5.82 Å². The van der Waals surface area contributed by atoms with Crippen LogP contribution in [0, 0.1) is 5.82 Å². The number of rotatable bonds is 6. The van der Waals surface area contributed by atoms with Gasteiger partial charge in [0.15, 0.2) is 0 Å². The van der Waals surface area contributed by atoms with E-state index >= 15 is 0 Å². The van der Waals surface area contributed by atoms with Crippen molar-refractivity contribution in [3.63, 3.8) is 0 Å². The summed E-state index contributed by atoms with van der Waals surface area (Å²) in [5.74, 6) is -0.166. The Morgan fingerprint density at radius 1 is 1.10 bits per heavy atom. The molecule has 4 heteroatoms. The molecule has 2 N–H and O–H groups in total. The Labute approximate surface area is 133 Å². The summed E-state index contributed by atoms with van der Waals surface area (Å²) in [4.78, 5) is 2.22. The van der Waals surface area contributed by atoms with Crippen LogP contribution in [-0.2, 0) is 13.1 Å². The molecule has 0 aliphatic carbocycles. The van der Waals surface area contributed by atoms with E-state index in [1.807, 2.05) is 30.3 Å². The lowest BCUT2D eigenvalue weighted by Crippen LogP contribution is -2.24. The van der Waals surface area contributed by atoms with E-state index in [4.69, 9.17) is 5.73 Å². The first-order valence-electron chi connectivity index (χ1n) is 7.09. The molecular formula is C17H20BrFN2. The van der Waals surface area contributed by atoms with Crippen LogP contribution in [0.2, 0.25) is 0 Å². The summed E-state index contributed by atoms with van der Waals surface area (Å²) in [5.41, 5.74) is 8.58. The van der Waals surface area contributed by atoms with Gasteiger partial charge in [-0.2, -0.15) is 0 Å². The van der Waals surface area contributed by atoms with Crippen molar-refractivity contribution in [1.82, 2.24) is 4.90 Å². The van der Waals surface area contributed by atoms with Gasteiger partial charge in [-0.3, -0.25) is 4.90 Å². The van der Waals surface area contributed by atoms with Crippen LogP contribution in [0.1, 0.15) is 24.5 Å². The number of halogens is 2. The molecule has 0 bridgehead atoms. The van der Waals surface area contributed by atoms with Gasteiger partial charge in [0.2, 0.25) is 0 Å². The summed E-state index contributed by atoms with van der Waals surface area (Å²) in [6.07, 6.45) is 1.02. The minimum Gasteiger partial charge on any atom is -0.398 e. The van der Waals surface area contributed by atoms with Crippen LogP contribution in [0.4, 0.5) is 10.1 Å². The van der Waals surface area contributed by atoms with Gasteiger partial charge in [0.1, 0.15) is 5.82 Å².